The van der Waals surface area contributed by atoms with Crippen LogP contribution in [0.3, 0.4) is 0 Å². The smallest absolute Gasteiger partial charge is 0.264 e. The lowest BCUT2D eigenvalue weighted by molar-refractivity contribution is -0.118. The summed E-state index contributed by atoms with van der Waals surface area (Å²) in [7, 11) is 0. The molecule has 4 aromatic rings. The molecule has 4 rings (SSSR count). The summed E-state index contributed by atoms with van der Waals surface area (Å²) in [5.74, 6) is 0.442. The number of anilines is 1. The molecule has 2 heterocycles. The second kappa shape index (κ2) is 6.97. The molecule has 0 bridgehead atoms. The van der Waals surface area contributed by atoms with Gasteiger partial charge >= 0.3 is 0 Å². The fourth-order valence-electron chi connectivity index (χ4n) is 2.52. The van der Waals surface area contributed by atoms with E-state index in [0.717, 1.165) is 21.8 Å². The standard InChI is InChI=1S/C19H16N4O2S/c1-13-7-5-6-10-16(13)25-12-17(24)21-18-22-23-11-15(20-19(23)26-18)14-8-3-2-4-9-14/h2-11H,12H2,1H3,(H,21,22,24). The van der Waals surface area contributed by atoms with Gasteiger partial charge in [-0.15, -0.1) is 5.10 Å². The molecule has 0 saturated heterocycles. The van der Waals surface area contributed by atoms with Gasteiger partial charge < -0.3 is 4.74 Å². The third-order valence-electron chi connectivity index (χ3n) is 3.81. The molecular weight excluding hydrogens is 348 g/mol. The molecule has 0 radical (unpaired) electrons. The molecule has 0 unspecified atom stereocenters. The number of benzene rings is 2. The third kappa shape index (κ3) is 3.43. The summed E-state index contributed by atoms with van der Waals surface area (Å²) in [4.78, 5) is 17.4. The summed E-state index contributed by atoms with van der Waals surface area (Å²) in [6.07, 6.45) is 1.85. The van der Waals surface area contributed by atoms with Gasteiger partial charge in [0.1, 0.15) is 5.75 Å². The number of nitrogens with one attached hydrogen (secondary N) is 1. The first-order valence-electron chi connectivity index (χ1n) is 8.09. The number of ether oxygens (including phenoxy) is 1. The van der Waals surface area contributed by atoms with Crippen LogP contribution in [0.25, 0.3) is 16.2 Å². The Balaban J connectivity index is 1.42. The monoisotopic (exact) mass is 364 g/mol. The number of nitrogens with zero attached hydrogens (tertiary/aromatic N) is 3. The lowest BCUT2D eigenvalue weighted by atomic mass is 10.2. The molecule has 1 N–H and O–H groups in total. The number of para-hydroxylation sites is 1. The van der Waals surface area contributed by atoms with Crippen molar-refractivity contribution in [3.63, 3.8) is 0 Å². The largest absolute Gasteiger partial charge is 0.483 e. The molecular formula is C19H16N4O2S. The molecule has 0 atom stereocenters. The van der Waals surface area contributed by atoms with Gasteiger partial charge in [0.05, 0.1) is 11.9 Å². The zero-order valence-corrected chi connectivity index (χ0v) is 14.9. The van der Waals surface area contributed by atoms with E-state index in [9.17, 15) is 4.79 Å². The van der Waals surface area contributed by atoms with Crippen LogP contribution in [0, 0.1) is 6.92 Å². The molecule has 0 saturated carbocycles. The molecule has 130 valence electrons. The van der Waals surface area contributed by atoms with Gasteiger partial charge in [0.25, 0.3) is 5.91 Å². The van der Waals surface area contributed by atoms with Crippen LogP contribution in [0.4, 0.5) is 5.13 Å². The van der Waals surface area contributed by atoms with Crippen LogP contribution < -0.4 is 10.1 Å². The van der Waals surface area contributed by atoms with Crippen LogP contribution in [0.2, 0.25) is 0 Å². The first kappa shape index (κ1) is 16.3. The second-order valence-corrected chi connectivity index (χ2v) is 6.68. The van der Waals surface area contributed by atoms with Crippen molar-refractivity contribution in [2.45, 2.75) is 6.92 Å². The number of rotatable bonds is 5. The van der Waals surface area contributed by atoms with Crippen molar-refractivity contribution in [1.82, 2.24) is 14.6 Å². The topological polar surface area (TPSA) is 68.5 Å². The maximum Gasteiger partial charge on any atom is 0.264 e. The SMILES string of the molecule is Cc1ccccc1OCC(=O)Nc1nn2cc(-c3ccccc3)nc2s1. The van der Waals surface area contributed by atoms with Crippen molar-refractivity contribution in [1.29, 1.82) is 0 Å². The van der Waals surface area contributed by atoms with Crippen molar-refractivity contribution in [3.8, 4) is 17.0 Å². The Morgan fingerprint density at radius 3 is 2.69 bits per heavy atom. The first-order valence-corrected chi connectivity index (χ1v) is 8.90. The number of hydrogen-bond acceptors (Lipinski definition) is 5. The van der Waals surface area contributed by atoms with Gasteiger partial charge in [0.15, 0.2) is 6.61 Å². The van der Waals surface area contributed by atoms with Gasteiger partial charge in [-0.1, -0.05) is 59.9 Å². The summed E-state index contributed by atoms with van der Waals surface area (Å²) < 4.78 is 7.22. The van der Waals surface area contributed by atoms with E-state index < -0.39 is 0 Å². The second-order valence-electron chi connectivity index (χ2n) is 5.73. The van der Waals surface area contributed by atoms with Crippen molar-refractivity contribution in [2.75, 3.05) is 11.9 Å². The van der Waals surface area contributed by atoms with E-state index in [1.54, 1.807) is 4.52 Å². The average Bonchev–Trinajstić information content (AvgIpc) is 3.20. The highest BCUT2D eigenvalue weighted by Crippen LogP contribution is 2.24. The van der Waals surface area contributed by atoms with Crippen molar-refractivity contribution in [3.05, 3.63) is 66.4 Å². The van der Waals surface area contributed by atoms with E-state index in [4.69, 9.17) is 4.74 Å². The van der Waals surface area contributed by atoms with Crippen molar-refractivity contribution >= 4 is 27.3 Å². The average molecular weight is 364 g/mol. The van der Waals surface area contributed by atoms with Gasteiger partial charge in [0.2, 0.25) is 10.1 Å². The molecule has 0 aliphatic carbocycles. The van der Waals surface area contributed by atoms with Crippen LogP contribution in [-0.2, 0) is 4.79 Å². The highest BCUT2D eigenvalue weighted by molar-refractivity contribution is 7.20. The minimum Gasteiger partial charge on any atom is -0.483 e. The van der Waals surface area contributed by atoms with Crippen LogP contribution >= 0.6 is 11.3 Å². The molecule has 0 aliphatic rings. The maximum atomic E-state index is 12.1. The number of imidazole rings is 1. The number of aryl methyl sites for hydroxylation is 1. The number of fused-ring (bicyclic) bond motifs is 1. The van der Waals surface area contributed by atoms with Gasteiger partial charge in [-0.25, -0.2) is 9.50 Å². The zero-order valence-electron chi connectivity index (χ0n) is 14.0. The summed E-state index contributed by atoms with van der Waals surface area (Å²) in [5, 5.41) is 7.60. The molecule has 0 fully saturated rings. The van der Waals surface area contributed by atoms with E-state index in [1.807, 2.05) is 67.7 Å². The number of amides is 1. The zero-order chi connectivity index (χ0) is 17.9. The Kier molecular flexibility index (Phi) is 4.37. The normalized spacial score (nSPS) is 10.8. The van der Waals surface area contributed by atoms with Gasteiger partial charge in [-0.05, 0) is 18.6 Å². The van der Waals surface area contributed by atoms with E-state index in [1.165, 1.54) is 11.3 Å². The first-order chi connectivity index (χ1) is 12.7. The predicted octanol–water partition coefficient (Wildman–Crippen LogP) is 3.78. The van der Waals surface area contributed by atoms with Crippen LogP contribution in [0.5, 0.6) is 5.75 Å². The van der Waals surface area contributed by atoms with E-state index in [-0.39, 0.29) is 12.5 Å². The summed E-state index contributed by atoms with van der Waals surface area (Å²) in [5.41, 5.74) is 2.87. The quantitative estimate of drug-likeness (QED) is 0.585. The third-order valence-corrected chi connectivity index (χ3v) is 4.65. The Morgan fingerprint density at radius 1 is 1.15 bits per heavy atom. The molecule has 6 nitrogen and oxygen atoms in total. The van der Waals surface area contributed by atoms with E-state index >= 15 is 0 Å². The summed E-state index contributed by atoms with van der Waals surface area (Å²) in [6.45, 7) is 1.87. The highest BCUT2D eigenvalue weighted by Gasteiger charge is 2.12. The lowest BCUT2D eigenvalue weighted by Crippen LogP contribution is -2.20. The predicted molar refractivity (Wildman–Crippen MR) is 102 cm³/mol. The molecule has 7 heteroatoms. The molecule has 2 aromatic carbocycles. The summed E-state index contributed by atoms with van der Waals surface area (Å²) in [6, 6.07) is 17.5. The van der Waals surface area contributed by atoms with Crippen LogP contribution in [-0.4, -0.2) is 27.1 Å². The molecule has 26 heavy (non-hydrogen) atoms. The van der Waals surface area contributed by atoms with Crippen molar-refractivity contribution < 1.29 is 9.53 Å². The summed E-state index contributed by atoms with van der Waals surface area (Å²) >= 11 is 1.32. The minimum absolute atomic E-state index is 0.0674. The fourth-order valence-corrected chi connectivity index (χ4v) is 3.31. The molecule has 0 spiro atoms. The Morgan fingerprint density at radius 2 is 1.92 bits per heavy atom. The van der Waals surface area contributed by atoms with Gasteiger partial charge in [-0.3, -0.25) is 10.1 Å². The van der Waals surface area contributed by atoms with Crippen LogP contribution in [0.1, 0.15) is 5.56 Å². The van der Waals surface area contributed by atoms with Gasteiger partial charge in [0, 0.05) is 5.56 Å². The van der Waals surface area contributed by atoms with E-state index in [2.05, 4.69) is 15.4 Å². The lowest BCUT2D eigenvalue weighted by Gasteiger charge is -2.07. The Bertz CT molecular complexity index is 1020. The van der Waals surface area contributed by atoms with Crippen molar-refractivity contribution in [2.24, 2.45) is 0 Å². The molecule has 1 amide bonds. The Labute approximate surface area is 154 Å². The Hall–Kier alpha value is -3.19. The number of carbonyl (C=O) groups is 1. The highest BCUT2D eigenvalue weighted by atomic mass is 32.1. The fraction of sp³-hybridized carbons (Fsp3) is 0.105. The number of hydrogen-bond donors (Lipinski definition) is 1. The minimum atomic E-state index is -0.256. The number of aromatic nitrogens is 3. The molecule has 2 aromatic heterocycles. The van der Waals surface area contributed by atoms with Gasteiger partial charge in [-0.2, -0.15) is 0 Å². The van der Waals surface area contributed by atoms with Crippen LogP contribution in [0.15, 0.2) is 60.8 Å². The molecule has 0 aliphatic heterocycles. The number of carbonyl (C=O) groups excluding carboxylic acids is 1. The maximum absolute atomic E-state index is 12.1. The van der Waals surface area contributed by atoms with E-state index in [0.29, 0.717) is 10.9 Å².